The molecule has 158 valence electrons. The number of anilines is 1. The van der Waals surface area contributed by atoms with Gasteiger partial charge in [0.05, 0.1) is 29.8 Å². The molecule has 1 fully saturated rings. The van der Waals surface area contributed by atoms with Gasteiger partial charge in [-0.25, -0.2) is 4.68 Å². The van der Waals surface area contributed by atoms with Crippen molar-refractivity contribution in [3.63, 3.8) is 0 Å². The van der Waals surface area contributed by atoms with E-state index in [4.69, 9.17) is 5.10 Å². The maximum Gasteiger partial charge on any atom is 0.255 e. The van der Waals surface area contributed by atoms with Crippen molar-refractivity contribution in [3.8, 4) is 0 Å². The summed E-state index contributed by atoms with van der Waals surface area (Å²) in [5, 5.41) is 4.78. The molecular formula is C23H24N6O2. The molecule has 0 aromatic carbocycles. The number of hydrogen-bond donors (Lipinski definition) is 0. The lowest BCUT2D eigenvalue weighted by atomic mass is 9.82. The highest BCUT2D eigenvalue weighted by atomic mass is 16.2. The number of hydrogen-bond acceptors (Lipinski definition) is 5. The van der Waals surface area contributed by atoms with Crippen LogP contribution in [0.4, 0.5) is 5.82 Å². The van der Waals surface area contributed by atoms with Crippen molar-refractivity contribution in [1.82, 2.24) is 24.6 Å². The Hall–Kier alpha value is -3.55. The van der Waals surface area contributed by atoms with Gasteiger partial charge >= 0.3 is 0 Å². The second-order valence-corrected chi connectivity index (χ2v) is 8.33. The summed E-state index contributed by atoms with van der Waals surface area (Å²) < 4.78 is 2.04. The fourth-order valence-corrected chi connectivity index (χ4v) is 4.63. The van der Waals surface area contributed by atoms with Crippen LogP contribution in [-0.4, -0.2) is 49.6 Å². The van der Waals surface area contributed by atoms with Crippen LogP contribution >= 0.6 is 0 Å². The summed E-state index contributed by atoms with van der Waals surface area (Å²) in [6.07, 6.45) is 8.52. The van der Waals surface area contributed by atoms with Crippen LogP contribution in [0.3, 0.4) is 0 Å². The first-order valence-corrected chi connectivity index (χ1v) is 10.5. The molecule has 0 atom stereocenters. The number of nitrogens with zero attached hydrogens (tertiary/aromatic N) is 6. The SMILES string of the molecule is Cc1cc2n(n1)C1(CCN(C(=O)c3cccnc3)CC1)CC(=O)N2Cc1ccncc1. The highest BCUT2D eigenvalue weighted by Gasteiger charge is 2.46. The molecular weight excluding hydrogens is 392 g/mol. The van der Waals surface area contributed by atoms with Crippen LogP contribution in [0, 0.1) is 6.92 Å². The Bertz CT molecular complexity index is 1100. The van der Waals surface area contributed by atoms with E-state index in [-0.39, 0.29) is 17.4 Å². The molecule has 8 heteroatoms. The lowest BCUT2D eigenvalue weighted by Crippen LogP contribution is -2.54. The van der Waals surface area contributed by atoms with E-state index in [9.17, 15) is 9.59 Å². The number of likely N-dealkylation sites (tertiary alicyclic amines) is 1. The first-order valence-electron chi connectivity index (χ1n) is 10.5. The standard InChI is InChI=1S/C23H24N6O2/c1-17-13-20-28(16-18-4-9-24-10-5-18)21(30)14-23(29(20)26-17)6-11-27(12-7-23)22(31)19-3-2-8-25-15-19/h2-5,8-10,13,15H,6-7,11-12,14,16H2,1H3. The normalized spacial score (nSPS) is 17.6. The van der Waals surface area contributed by atoms with E-state index in [0.717, 1.165) is 17.1 Å². The number of aryl methyl sites for hydroxylation is 1. The fourth-order valence-electron chi connectivity index (χ4n) is 4.63. The summed E-state index contributed by atoms with van der Waals surface area (Å²) in [5.74, 6) is 0.912. The second kappa shape index (κ2) is 7.61. The van der Waals surface area contributed by atoms with Crippen LogP contribution in [0.1, 0.15) is 40.9 Å². The molecule has 2 aliphatic heterocycles. The van der Waals surface area contributed by atoms with Gasteiger partial charge in [0.1, 0.15) is 5.82 Å². The molecule has 1 spiro atoms. The Morgan fingerprint density at radius 2 is 1.87 bits per heavy atom. The summed E-state index contributed by atoms with van der Waals surface area (Å²) in [6, 6.07) is 9.39. The second-order valence-electron chi connectivity index (χ2n) is 8.33. The Balaban J connectivity index is 1.39. The third kappa shape index (κ3) is 3.48. The Morgan fingerprint density at radius 1 is 1.10 bits per heavy atom. The predicted molar refractivity (Wildman–Crippen MR) is 114 cm³/mol. The first-order chi connectivity index (χ1) is 15.1. The van der Waals surface area contributed by atoms with Gasteiger partial charge in [0.15, 0.2) is 0 Å². The molecule has 3 aromatic rings. The van der Waals surface area contributed by atoms with Crippen LogP contribution in [0.25, 0.3) is 0 Å². The Kier molecular flexibility index (Phi) is 4.77. The van der Waals surface area contributed by atoms with Crippen molar-refractivity contribution in [2.75, 3.05) is 18.0 Å². The number of pyridine rings is 2. The number of aromatic nitrogens is 4. The Morgan fingerprint density at radius 3 is 2.58 bits per heavy atom. The largest absolute Gasteiger partial charge is 0.338 e. The van der Waals surface area contributed by atoms with Gasteiger partial charge in [-0.15, -0.1) is 0 Å². The molecule has 2 amide bonds. The summed E-state index contributed by atoms with van der Waals surface area (Å²) in [5.41, 5.74) is 2.12. The zero-order chi connectivity index (χ0) is 21.4. The van der Waals surface area contributed by atoms with Crippen molar-refractivity contribution in [2.45, 2.75) is 38.3 Å². The molecule has 8 nitrogen and oxygen atoms in total. The van der Waals surface area contributed by atoms with E-state index in [1.165, 1.54) is 0 Å². The minimum absolute atomic E-state index is 0.0127. The maximum atomic E-state index is 13.3. The zero-order valence-electron chi connectivity index (χ0n) is 17.4. The van der Waals surface area contributed by atoms with Crippen molar-refractivity contribution < 1.29 is 9.59 Å². The molecule has 5 rings (SSSR count). The number of rotatable bonds is 3. The number of fused-ring (bicyclic) bond motifs is 2. The van der Waals surface area contributed by atoms with Gasteiger partial charge in [-0.1, -0.05) is 0 Å². The molecule has 0 N–H and O–H groups in total. The van der Waals surface area contributed by atoms with E-state index in [1.807, 2.05) is 39.6 Å². The molecule has 0 unspecified atom stereocenters. The monoisotopic (exact) mass is 416 g/mol. The van der Waals surface area contributed by atoms with Crippen molar-refractivity contribution >= 4 is 17.6 Å². The average molecular weight is 416 g/mol. The van der Waals surface area contributed by atoms with Gasteiger partial charge in [0.2, 0.25) is 5.91 Å². The number of carbonyl (C=O) groups excluding carboxylic acids is 2. The van der Waals surface area contributed by atoms with Crippen LogP contribution in [0.5, 0.6) is 0 Å². The first kappa shape index (κ1) is 19.4. The Labute approximate surface area is 180 Å². The highest BCUT2D eigenvalue weighted by Crippen LogP contribution is 2.42. The van der Waals surface area contributed by atoms with Gasteiger partial charge in [0.25, 0.3) is 5.91 Å². The molecule has 0 radical (unpaired) electrons. The molecule has 0 saturated carbocycles. The molecule has 5 heterocycles. The number of piperidine rings is 1. The third-order valence-electron chi connectivity index (χ3n) is 6.30. The smallest absolute Gasteiger partial charge is 0.255 e. The van der Waals surface area contributed by atoms with Crippen LogP contribution < -0.4 is 4.90 Å². The summed E-state index contributed by atoms with van der Waals surface area (Å²) in [6.45, 7) is 3.62. The molecule has 31 heavy (non-hydrogen) atoms. The van der Waals surface area contributed by atoms with Crippen molar-refractivity contribution in [1.29, 1.82) is 0 Å². The minimum Gasteiger partial charge on any atom is -0.338 e. The minimum atomic E-state index is -0.388. The highest BCUT2D eigenvalue weighted by molar-refractivity contribution is 5.95. The van der Waals surface area contributed by atoms with Gasteiger partial charge in [-0.05, 0) is 49.6 Å². The van der Waals surface area contributed by atoms with E-state index >= 15 is 0 Å². The van der Waals surface area contributed by atoms with Gasteiger partial charge in [0, 0.05) is 43.9 Å². The topological polar surface area (TPSA) is 84.2 Å². The number of carbonyl (C=O) groups is 2. The van der Waals surface area contributed by atoms with E-state index < -0.39 is 0 Å². The predicted octanol–water partition coefficient (Wildman–Crippen LogP) is 2.55. The summed E-state index contributed by atoms with van der Waals surface area (Å²) in [7, 11) is 0. The van der Waals surface area contributed by atoms with Crippen molar-refractivity contribution in [2.24, 2.45) is 0 Å². The summed E-state index contributed by atoms with van der Waals surface area (Å²) in [4.78, 5) is 37.9. The zero-order valence-corrected chi connectivity index (χ0v) is 17.4. The van der Waals surface area contributed by atoms with Crippen LogP contribution in [0.2, 0.25) is 0 Å². The molecule has 3 aromatic heterocycles. The van der Waals surface area contributed by atoms with E-state index in [0.29, 0.717) is 44.5 Å². The van der Waals surface area contributed by atoms with Gasteiger partial charge < -0.3 is 4.90 Å². The van der Waals surface area contributed by atoms with Crippen LogP contribution in [0.15, 0.2) is 55.1 Å². The molecule has 2 aliphatic rings. The summed E-state index contributed by atoms with van der Waals surface area (Å²) >= 11 is 0. The molecule has 0 bridgehead atoms. The van der Waals surface area contributed by atoms with Crippen LogP contribution in [-0.2, 0) is 16.9 Å². The third-order valence-corrected chi connectivity index (χ3v) is 6.30. The molecule has 1 saturated heterocycles. The molecule has 0 aliphatic carbocycles. The fraction of sp³-hybridized carbons (Fsp3) is 0.348. The van der Waals surface area contributed by atoms with Gasteiger partial charge in [-0.2, -0.15) is 5.10 Å². The van der Waals surface area contributed by atoms with Gasteiger partial charge in [-0.3, -0.25) is 24.5 Å². The van der Waals surface area contributed by atoms with E-state index in [1.54, 1.807) is 36.9 Å². The van der Waals surface area contributed by atoms with E-state index in [2.05, 4.69) is 9.97 Å². The van der Waals surface area contributed by atoms with Crippen molar-refractivity contribution in [3.05, 3.63) is 71.9 Å². The average Bonchev–Trinajstić information content (AvgIpc) is 3.20. The lowest BCUT2D eigenvalue weighted by molar-refractivity contribution is -0.123. The number of amides is 2. The quantitative estimate of drug-likeness (QED) is 0.655. The lowest BCUT2D eigenvalue weighted by Gasteiger charge is -2.46. The maximum absolute atomic E-state index is 13.3.